The molecule has 2 atom stereocenters. The zero-order valence-electron chi connectivity index (χ0n) is 13.7. The second kappa shape index (κ2) is 8.85. The summed E-state index contributed by atoms with van der Waals surface area (Å²) in [5.74, 6) is 0. The monoisotopic (exact) mass is 318 g/mol. The van der Waals surface area contributed by atoms with Gasteiger partial charge in [-0.15, -0.1) is 0 Å². The van der Waals surface area contributed by atoms with Gasteiger partial charge in [0.05, 0.1) is 34.9 Å². The molecule has 2 unspecified atom stereocenters. The van der Waals surface area contributed by atoms with Gasteiger partial charge in [0.2, 0.25) is 0 Å². The van der Waals surface area contributed by atoms with E-state index in [0.29, 0.717) is 12.2 Å². The number of benzene rings is 1. The number of hydrogen-bond donors (Lipinski definition) is 0. The quantitative estimate of drug-likeness (QED) is 0.336. The zero-order chi connectivity index (χ0) is 15.0. The molecule has 2 heterocycles. The molecule has 0 saturated carbocycles. The molecule has 3 heteroatoms. The van der Waals surface area contributed by atoms with Crippen molar-refractivity contribution in [3.63, 3.8) is 0 Å². The summed E-state index contributed by atoms with van der Waals surface area (Å²) in [5, 5.41) is 1.64. The van der Waals surface area contributed by atoms with E-state index in [-0.39, 0.29) is 9.52 Å². The second-order valence-electron chi connectivity index (χ2n) is 7.04. The van der Waals surface area contributed by atoms with E-state index in [1.807, 2.05) is 0 Å². The Kier molecular flexibility index (Phi) is 6.53. The maximum atomic E-state index is 5.32. The van der Waals surface area contributed by atoms with Gasteiger partial charge in [0.25, 0.3) is 0 Å². The summed E-state index contributed by atoms with van der Waals surface area (Å²) in [4.78, 5) is 0. The largest absolute Gasteiger partial charge is 0.373 e. The minimum absolute atomic E-state index is 0.123. The minimum atomic E-state index is -0.123. The molecule has 122 valence electrons. The molecular weight excluding hydrogens is 288 g/mol. The fourth-order valence-corrected chi connectivity index (χ4v) is 5.57. The molecule has 0 aromatic heterocycles. The normalized spacial score (nSPS) is 24.7. The van der Waals surface area contributed by atoms with Gasteiger partial charge in [-0.2, -0.15) is 0 Å². The number of hydrogen-bond acceptors (Lipinski definition) is 2. The number of rotatable bonds is 12. The van der Waals surface area contributed by atoms with Gasteiger partial charge in [0, 0.05) is 0 Å². The van der Waals surface area contributed by atoms with Crippen molar-refractivity contribution >= 4 is 14.7 Å². The van der Waals surface area contributed by atoms with Crippen LogP contribution in [0.15, 0.2) is 30.3 Å². The molecule has 1 aromatic carbocycles. The van der Waals surface area contributed by atoms with Crippen molar-refractivity contribution in [3.05, 3.63) is 30.3 Å². The molecule has 2 nitrogen and oxygen atoms in total. The van der Waals surface area contributed by atoms with Crippen molar-refractivity contribution in [2.45, 2.75) is 69.1 Å². The summed E-state index contributed by atoms with van der Waals surface area (Å²) in [6.45, 7) is 2.04. The van der Waals surface area contributed by atoms with Crippen molar-refractivity contribution in [2.24, 2.45) is 0 Å². The molecule has 2 aliphatic rings. The Labute approximate surface area is 137 Å². The van der Waals surface area contributed by atoms with E-state index in [9.17, 15) is 0 Å². The fourth-order valence-electron chi connectivity index (χ4n) is 3.38. The molecule has 0 aliphatic carbocycles. The fraction of sp³-hybridized carbons (Fsp3) is 0.684. The van der Waals surface area contributed by atoms with Gasteiger partial charge in [-0.05, 0) is 18.4 Å². The first-order chi connectivity index (χ1) is 10.9. The third-order valence-electron chi connectivity index (χ3n) is 4.95. The lowest BCUT2D eigenvalue weighted by molar-refractivity contribution is 0.384. The average Bonchev–Trinajstić information content (AvgIpc) is 3.44. The van der Waals surface area contributed by atoms with Crippen molar-refractivity contribution < 1.29 is 9.47 Å². The van der Waals surface area contributed by atoms with Crippen LogP contribution in [-0.2, 0) is 9.47 Å². The van der Waals surface area contributed by atoms with Crippen molar-refractivity contribution in [1.82, 2.24) is 0 Å². The van der Waals surface area contributed by atoms with Crippen LogP contribution in [0.1, 0.15) is 51.4 Å². The first-order valence-electron chi connectivity index (χ1n) is 9.17. The molecule has 0 bridgehead atoms. The highest BCUT2D eigenvalue weighted by molar-refractivity contribution is 6.54. The Balaban J connectivity index is 1.36. The Morgan fingerprint density at radius 1 is 0.864 bits per heavy atom. The molecule has 0 N–H and O–H groups in total. The van der Waals surface area contributed by atoms with E-state index in [1.54, 1.807) is 5.19 Å². The van der Waals surface area contributed by atoms with Crippen LogP contribution in [-0.4, -0.2) is 34.9 Å². The lowest BCUT2D eigenvalue weighted by Crippen LogP contribution is -2.19. The molecule has 0 amide bonds. The van der Waals surface area contributed by atoms with Gasteiger partial charge in [-0.3, -0.25) is 0 Å². The van der Waals surface area contributed by atoms with Gasteiger partial charge < -0.3 is 9.47 Å². The summed E-state index contributed by atoms with van der Waals surface area (Å²) < 4.78 is 10.6. The van der Waals surface area contributed by atoms with Gasteiger partial charge in [-0.25, -0.2) is 0 Å². The maximum Gasteiger partial charge on any atom is 0.0810 e. The predicted octanol–water partition coefficient (Wildman–Crippen LogP) is 3.19. The first kappa shape index (κ1) is 16.2. The van der Waals surface area contributed by atoms with Crippen molar-refractivity contribution in [1.29, 1.82) is 0 Å². The number of ether oxygens (including phenoxy) is 2. The summed E-state index contributed by atoms with van der Waals surface area (Å²) in [6.07, 6.45) is 12.2. The van der Waals surface area contributed by atoms with E-state index >= 15 is 0 Å². The molecule has 2 fully saturated rings. The van der Waals surface area contributed by atoms with Crippen LogP contribution < -0.4 is 5.19 Å². The highest BCUT2D eigenvalue weighted by Crippen LogP contribution is 2.25. The van der Waals surface area contributed by atoms with Crippen molar-refractivity contribution in [2.75, 3.05) is 13.2 Å². The highest BCUT2D eigenvalue weighted by Gasteiger charge is 2.22. The smallest absolute Gasteiger partial charge is 0.0810 e. The van der Waals surface area contributed by atoms with E-state index < -0.39 is 0 Å². The molecule has 1 aromatic rings. The Morgan fingerprint density at radius 3 is 1.91 bits per heavy atom. The predicted molar refractivity (Wildman–Crippen MR) is 94.8 cm³/mol. The standard InChI is InChI=1S/C19H30O2Si/c1-2-10-18(11-3-1)22-19(12-6-4-8-16-14-20-16)13-7-5-9-17-15-21-17/h1-3,10-11,16-17,19H,4-9,12-15,22H2. The topological polar surface area (TPSA) is 25.1 Å². The van der Waals surface area contributed by atoms with Crippen LogP contribution in [0.2, 0.25) is 5.54 Å². The maximum absolute atomic E-state index is 5.32. The zero-order valence-corrected chi connectivity index (χ0v) is 15.1. The summed E-state index contributed by atoms with van der Waals surface area (Å²) >= 11 is 0. The average molecular weight is 319 g/mol. The molecule has 3 rings (SSSR count). The van der Waals surface area contributed by atoms with Gasteiger partial charge in [0.1, 0.15) is 0 Å². The van der Waals surface area contributed by atoms with Crippen LogP contribution >= 0.6 is 0 Å². The molecule has 2 aliphatic heterocycles. The third kappa shape index (κ3) is 6.63. The summed E-state index contributed by atoms with van der Waals surface area (Å²) in [6, 6.07) is 11.2. The summed E-state index contributed by atoms with van der Waals surface area (Å²) in [7, 11) is -0.123. The van der Waals surface area contributed by atoms with E-state index in [1.165, 1.54) is 51.4 Å². The highest BCUT2D eigenvalue weighted by atomic mass is 28.2. The van der Waals surface area contributed by atoms with E-state index in [4.69, 9.17) is 9.47 Å². The van der Waals surface area contributed by atoms with E-state index in [0.717, 1.165) is 18.8 Å². The Morgan fingerprint density at radius 2 is 1.41 bits per heavy atom. The van der Waals surface area contributed by atoms with Crippen LogP contribution in [0.25, 0.3) is 0 Å². The summed E-state index contributed by atoms with van der Waals surface area (Å²) in [5.41, 5.74) is 0.989. The van der Waals surface area contributed by atoms with Crippen LogP contribution in [0.4, 0.5) is 0 Å². The van der Waals surface area contributed by atoms with Crippen LogP contribution in [0, 0.1) is 0 Å². The lowest BCUT2D eigenvalue weighted by Gasteiger charge is -2.16. The SMILES string of the molecule is c1ccc([SiH2]C(CCCCC2CO2)CCCCC2CO2)cc1. The van der Waals surface area contributed by atoms with Gasteiger partial charge in [-0.1, -0.05) is 74.0 Å². The van der Waals surface area contributed by atoms with Gasteiger partial charge in [0.15, 0.2) is 0 Å². The second-order valence-corrected chi connectivity index (χ2v) is 9.41. The lowest BCUT2D eigenvalue weighted by atomic mass is 10.1. The number of unbranched alkanes of at least 4 members (excludes halogenated alkanes) is 2. The molecular formula is C19H30O2Si. The van der Waals surface area contributed by atoms with E-state index in [2.05, 4.69) is 30.3 Å². The molecule has 22 heavy (non-hydrogen) atoms. The third-order valence-corrected chi connectivity index (χ3v) is 7.29. The number of epoxide rings is 2. The Hall–Kier alpha value is -0.643. The minimum Gasteiger partial charge on any atom is -0.373 e. The van der Waals surface area contributed by atoms with Crippen LogP contribution in [0.3, 0.4) is 0 Å². The molecule has 0 radical (unpaired) electrons. The van der Waals surface area contributed by atoms with Crippen LogP contribution in [0.5, 0.6) is 0 Å². The Bertz CT molecular complexity index is 395. The molecule has 2 saturated heterocycles. The first-order valence-corrected chi connectivity index (χ1v) is 10.7. The van der Waals surface area contributed by atoms with Gasteiger partial charge >= 0.3 is 0 Å². The van der Waals surface area contributed by atoms with Crippen molar-refractivity contribution in [3.8, 4) is 0 Å². The molecule has 0 spiro atoms.